The second kappa shape index (κ2) is 11.0. The molecule has 0 atom stereocenters. The van der Waals surface area contributed by atoms with Crippen molar-refractivity contribution in [3.05, 3.63) is 0 Å². The van der Waals surface area contributed by atoms with Gasteiger partial charge in [-0.1, -0.05) is 0 Å². The van der Waals surface area contributed by atoms with E-state index in [2.05, 4.69) is 0 Å². The monoisotopic (exact) mass is 208 g/mol. The fraction of sp³-hybridized carbons (Fsp3) is 0.750. The van der Waals surface area contributed by atoms with Gasteiger partial charge in [0.2, 0.25) is 0 Å². The summed E-state index contributed by atoms with van der Waals surface area (Å²) < 4.78 is 0. The van der Waals surface area contributed by atoms with Crippen molar-refractivity contribution in [2.24, 2.45) is 0 Å². The fourth-order valence-electron chi connectivity index (χ4n) is 0.351. The van der Waals surface area contributed by atoms with Gasteiger partial charge in [-0.25, -0.2) is 0 Å². The molecule has 0 saturated heterocycles. The van der Waals surface area contributed by atoms with Crippen LogP contribution in [0.2, 0.25) is 0 Å². The molecule has 0 aliphatic heterocycles. The van der Waals surface area contributed by atoms with Crippen molar-refractivity contribution >= 4 is 11.6 Å². The number of Topliss-reactive ketones (excluding diaryl/α,β-unsaturated/α-hetero) is 2. The first-order valence-electron chi connectivity index (χ1n) is 3.53. The molecule has 0 aromatic carbocycles. The average Bonchev–Trinajstić information content (AvgIpc) is 1.56. The van der Waals surface area contributed by atoms with Crippen LogP contribution in [0.3, 0.4) is 0 Å². The number of aliphatic hydroxyl groups is 1. The molecule has 3 nitrogen and oxygen atoms in total. The van der Waals surface area contributed by atoms with Crippen LogP contribution in [-0.4, -0.2) is 22.8 Å². The minimum atomic E-state index is -0.167. The zero-order valence-corrected chi connectivity index (χ0v) is 9.61. The predicted octanol–water partition coefficient (Wildman–Crippen LogP) is 0.939. The van der Waals surface area contributed by atoms with Crippen LogP contribution >= 0.6 is 0 Å². The Labute approximate surface area is 88.4 Å². The van der Waals surface area contributed by atoms with Gasteiger partial charge in [0, 0.05) is 27.8 Å². The minimum Gasteiger partial charge on any atom is -0.394 e. The van der Waals surface area contributed by atoms with E-state index in [1.165, 1.54) is 13.8 Å². The van der Waals surface area contributed by atoms with E-state index < -0.39 is 0 Å². The van der Waals surface area contributed by atoms with Gasteiger partial charge < -0.3 is 5.11 Å². The molecule has 70 valence electrons. The first-order chi connectivity index (χ1) is 4.86. The van der Waals surface area contributed by atoms with Crippen LogP contribution in [0.1, 0.15) is 34.1 Å². The van der Waals surface area contributed by atoms with Crippen molar-refractivity contribution in [1.29, 1.82) is 0 Å². The van der Waals surface area contributed by atoms with Crippen LogP contribution in [0.4, 0.5) is 0 Å². The number of carbonyl (C=O) groups is 2. The molecule has 0 bridgehead atoms. The Morgan fingerprint density at radius 3 is 1.33 bits per heavy atom. The SMILES string of the molecule is CC(=O)CC(C)=O.CC(C)O.[Ti]. The number of carbonyl (C=O) groups excluding carboxylic acids is 2. The van der Waals surface area contributed by atoms with Crippen molar-refractivity contribution < 1.29 is 36.4 Å². The molecular formula is C8H16O3Ti. The molecule has 0 aliphatic rings. The zero-order valence-electron chi connectivity index (χ0n) is 8.05. The van der Waals surface area contributed by atoms with E-state index in [4.69, 9.17) is 5.11 Å². The van der Waals surface area contributed by atoms with E-state index in [0.717, 1.165) is 0 Å². The number of hydrogen-bond acceptors (Lipinski definition) is 3. The van der Waals surface area contributed by atoms with E-state index in [9.17, 15) is 9.59 Å². The van der Waals surface area contributed by atoms with Crippen LogP contribution in [-0.2, 0) is 31.3 Å². The van der Waals surface area contributed by atoms with Crippen LogP contribution in [0, 0.1) is 0 Å². The molecular weight excluding hydrogens is 192 g/mol. The summed E-state index contributed by atoms with van der Waals surface area (Å²) in [4.78, 5) is 20.1. The summed E-state index contributed by atoms with van der Waals surface area (Å²) in [5.74, 6) is -0.125. The first kappa shape index (κ1) is 17.9. The third-order valence-electron chi connectivity index (χ3n) is 0.498. The number of aliphatic hydroxyl groups excluding tert-OH is 1. The Morgan fingerprint density at radius 1 is 1.17 bits per heavy atom. The second-order valence-corrected chi connectivity index (χ2v) is 2.67. The summed E-state index contributed by atoms with van der Waals surface area (Å²) in [6.07, 6.45) is -0.0833. The number of rotatable bonds is 2. The Balaban J connectivity index is -0.000000142. The number of ketones is 2. The van der Waals surface area contributed by atoms with Gasteiger partial charge in [0.15, 0.2) is 0 Å². The molecule has 0 radical (unpaired) electrons. The molecule has 12 heavy (non-hydrogen) atoms. The van der Waals surface area contributed by atoms with Gasteiger partial charge in [0.05, 0.1) is 6.42 Å². The van der Waals surface area contributed by atoms with E-state index >= 15 is 0 Å². The van der Waals surface area contributed by atoms with Crippen LogP contribution in [0.5, 0.6) is 0 Å². The van der Waals surface area contributed by atoms with Gasteiger partial charge in [-0.2, -0.15) is 0 Å². The molecule has 0 spiro atoms. The van der Waals surface area contributed by atoms with Crippen LogP contribution < -0.4 is 0 Å². The fourth-order valence-corrected chi connectivity index (χ4v) is 0.351. The molecule has 0 aliphatic carbocycles. The van der Waals surface area contributed by atoms with Crippen LogP contribution in [0.15, 0.2) is 0 Å². The van der Waals surface area contributed by atoms with E-state index in [0.29, 0.717) is 0 Å². The summed E-state index contributed by atoms with van der Waals surface area (Å²) in [5, 5.41) is 8.06. The largest absolute Gasteiger partial charge is 0.394 e. The third kappa shape index (κ3) is 50.5. The quantitative estimate of drug-likeness (QED) is 0.542. The van der Waals surface area contributed by atoms with E-state index in [-0.39, 0.29) is 45.8 Å². The average molecular weight is 208 g/mol. The number of hydrogen-bond donors (Lipinski definition) is 1. The summed E-state index contributed by atoms with van der Waals surface area (Å²) in [5.41, 5.74) is 0. The molecule has 0 fully saturated rings. The summed E-state index contributed by atoms with van der Waals surface area (Å²) in [6, 6.07) is 0. The van der Waals surface area contributed by atoms with E-state index in [1.807, 2.05) is 0 Å². The Hall–Kier alpha value is 0.0143. The van der Waals surface area contributed by atoms with Crippen molar-refractivity contribution in [2.75, 3.05) is 0 Å². The Kier molecular flexibility index (Phi) is 16.5. The van der Waals surface area contributed by atoms with Crippen molar-refractivity contribution in [2.45, 2.75) is 40.2 Å². The summed E-state index contributed by atoms with van der Waals surface area (Å²) in [7, 11) is 0. The Bertz CT molecular complexity index is 118. The Morgan fingerprint density at radius 2 is 1.33 bits per heavy atom. The predicted molar refractivity (Wildman–Crippen MR) is 43.3 cm³/mol. The minimum absolute atomic E-state index is 0. The molecule has 0 unspecified atom stereocenters. The van der Waals surface area contributed by atoms with E-state index in [1.54, 1.807) is 13.8 Å². The zero-order chi connectivity index (χ0) is 9.44. The van der Waals surface area contributed by atoms with Gasteiger partial charge in [-0.15, -0.1) is 0 Å². The molecule has 0 rings (SSSR count). The molecule has 0 amide bonds. The molecule has 0 aromatic heterocycles. The van der Waals surface area contributed by atoms with Gasteiger partial charge in [0.25, 0.3) is 0 Å². The maximum Gasteiger partial charge on any atom is 0.137 e. The normalized spacial score (nSPS) is 7.83. The topological polar surface area (TPSA) is 54.4 Å². The molecule has 0 saturated carbocycles. The molecule has 4 heteroatoms. The molecule has 0 aromatic rings. The first-order valence-corrected chi connectivity index (χ1v) is 3.53. The smallest absolute Gasteiger partial charge is 0.137 e. The summed E-state index contributed by atoms with van der Waals surface area (Å²) in [6.45, 7) is 6.25. The maximum atomic E-state index is 10.0. The standard InChI is InChI=1S/C5H8O2.C3H8O.Ti/c1-4(6)3-5(2)7;1-3(2)4;/h3H2,1-2H3;3-4H,1-2H3;. The van der Waals surface area contributed by atoms with Crippen molar-refractivity contribution in [3.63, 3.8) is 0 Å². The van der Waals surface area contributed by atoms with Crippen LogP contribution in [0.25, 0.3) is 0 Å². The molecule has 0 heterocycles. The maximum absolute atomic E-state index is 10.0. The summed E-state index contributed by atoms with van der Waals surface area (Å²) >= 11 is 0. The van der Waals surface area contributed by atoms with Crippen molar-refractivity contribution in [1.82, 2.24) is 0 Å². The second-order valence-electron chi connectivity index (χ2n) is 2.67. The van der Waals surface area contributed by atoms with Crippen molar-refractivity contribution in [3.8, 4) is 0 Å². The van der Waals surface area contributed by atoms with Gasteiger partial charge in [0.1, 0.15) is 11.6 Å². The molecule has 1 N–H and O–H groups in total. The van der Waals surface area contributed by atoms with Gasteiger partial charge in [-0.3, -0.25) is 9.59 Å². The third-order valence-corrected chi connectivity index (χ3v) is 0.498. The van der Waals surface area contributed by atoms with Gasteiger partial charge in [-0.05, 0) is 27.7 Å². The van der Waals surface area contributed by atoms with Gasteiger partial charge >= 0.3 is 0 Å².